The number of likely N-dealkylation sites (tertiary alicyclic amines) is 1. The summed E-state index contributed by atoms with van der Waals surface area (Å²) in [5.74, 6) is 2.01. The Morgan fingerprint density at radius 1 is 1.07 bits per heavy atom. The summed E-state index contributed by atoms with van der Waals surface area (Å²) in [7, 11) is 1.65. The molecule has 1 fully saturated rings. The topological polar surface area (TPSA) is 60.3 Å². The molecule has 0 bridgehead atoms. The number of para-hydroxylation sites is 1. The van der Waals surface area contributed by atoms with Gasteiger partial charge in [0, 0.05) is 24.3 Å². The minimum absolute atomic E-state index is 0.160. The molecule has 7 heteroatoms. The Hall–Kier alpha value is -2.80. The first kappa shape index (κ1) is 18.6. The summed E-state index contributed by atoms with van der Waals surface area (Å²) in [6.45, 7) is 1.72. The largest absolute Gasteiger partial charge is 0.497 e. The number of thioether (sulfide) groups is 1. The van der Waals surface area contributed by atoms with E-state index in [1.165, 1.54) is 11.8 Å². The van der Waals surface area contributed by atoms with Gasteiger partial charge in [-0.3, -0.25) is 9.36 Å². The quantitative estimate of drug-likeness (QED) is 0.597. The molecule has 3 aromatic rings. The monoisotopic (exact) mass is 394 g/mol. The summed E-state index contributed by atoms with van der Waals surface area (Å²) in [6, 6.07) is 17.7. The molecule has 2 heterocycles. The smallest absolute Gasteiger partial charge is 0.233 e. The first-order valence-corrected chi connectivity index (χ1v) is 10.3. The zero-order valence-corrected chi connectivity index (χ0v) is 16.6. The van der Waals surface area contributed by atoms with Gasteiger partial charge in [0.2, 0.25) is 5.91 Å². The van der Waals surface area contributed by atoms with Gasteiger partial charge in [-0.1, -0.05) is 42.1 Å². The second-order valence-corrected chi connectivity index (χ2v) is 7.53. The zero-order valence-electron chi connectivity index (χ0n) is 15.7. The van der Waals surface area contributed by atoms with E-state index < -0.39 is 0 Å². The fourth-order valence-corrected chi connectivity index (χ4v) is 4.16. The van der Waals surface area contributed by atoms with Crippen LogP contribution in [-0.4, -0.2) is 51.5 Å². The van der Waals surface area contributed by atoms with Gasteiger partial charge >= 0.3 is 0 Å². The first-order valence-electron chi connectivity index (χ1n) is 9.32. The van der Waals surface area contributed by atoms with E-state index in [1.54, 1.807) is 7.11 Å². The van der Waals surface area contributed by atoms with Gasteiger partial charge in [-0.05, 0) is 37.1 Å². The fraction of sp³-hybridized carbons (Fsp3) is 0.286. The molecule has 144 valence electrons. The molecule has 0 unspecified atom stereocenters. The van der Waals surface area contributed by atoms with Gasteiger partial charge in [-0.2, -0.15) is 0 Å². The summed E-state index contributed by atoms with van der Waals surface area (Å²) in [4.78, 5) is 14.4. The van der Waals surface area contributed by atoms with Crippen LogP contribution in [-0.2, 0) is 4.79 Å². The van der Waals surface area contributed by atoms with Crippen LogP contribution in [0.2, 0.25) is 0 Å². The molecule has 6 nitrogen and oxygen atoms in total. The average molecular weight is 395 g/mol. The summed E-state index contributed by atoms with van der Waals surface area (Å²) in [6.07, 6.45) is 2.19. The number of rotatable bonds is 6. The summed E-state index contributed by atoms with van der Waals surface area (Å²) in [5.41, 5.74) is 1.87. The molecule has 0 N–H and O–H groups in total. The molecule has 28 heavy (non-hydrogen) atoms. The number of methoxy groups -OCH3 is 1. The lowest BCUT2D eigenvalue weighted by Gasteiger charge is -2.15. The molecule has 0 saturated carbocycles. The summed E-state index contributed by atoms with van der Waals surface area (Å²) >= 11 is 1.43. The molecule has 1 aliphatic rings. The van der Waals surface area contributed by atoms with Crippen LogP contribution in [0.3, 0.4) is 0 Å². The van der Waals surface area contributed by atoms with E-state index in [1.807, 2.05) is 64.1 Å². The Bertz CT molecular complexity index is 952. The zero-order chi connectivity index (χ0) is 19.3. The van der Waals surface area contributed by atoms with Gasteiger partial charge < -0.3 is 9.64 Å². The number of aromatic nitrogens is 3. The third kappa shape index (κ3) is 3.89. The van der Waals surface area contributed by atoms with Crippen molar-refractivity contribution in [2.75, 3.05) is 26.0 Å². The number of nitrogens with zero attached hydrogens (tertiary/aromatic N) is 4. The van der Waals surface area contributed by atoms with Crippen molar-refractivity contribution in [2.24, 2.45) is 0 Å². The highest BCUT2D eigenvalue weighted by Gasteiger charge is 2.21. The van der Waals surface area contributed by atoms with E-state index in [0.717, 1.165) is 48.8 Å². The van der Waals surface area contributed by atoms with Crippen molar-refractivity contribution in [1.29, 1.82) is 0 Å². The number of benzene rings is 2. The van der Waals surface area contributed by atoms with Crippen molar-refractivity contribution in [1.82, 2.24) is 19.7 Å². The molecule has 0 radical (unpaired) electrons. The number of carbonyl (C=O) groups excluding carboxylic acids is 1. The second-order valence-electron chi connectivity index (χ2n) is 6.59. The number of hydrogen-bond acceptors (Lipinski definition) is 5. The Balaban J connectivity index is 1.66. The van der Waals surface area contributed by atoms with Crippen LogP contribution in [0.5, 0.6) is 5.75 Å². The minimum atomic E-state index is 0.160. The standard InChI is InChI=1S/C21H22N4O2S/c1-27-18-11-7-8-16(14-18)20-22-23-21(25(20)17-9-3-2-4-10-17)28-15-19(26)24-12-5-6-13-24/h2-4,7-11,14H,5-6,12-13,15H2,1H3. The predicted octanol–water partition coefficient (Wildman–Crippen LogP) is 3.66. The highest BCUT2D eigenvalue weighted by atomic mass is 32.2. The van der Waals surface area contributed by atoms with Gasteiger partial charge in [0.25, 0.3) is 0 Å². The number of ether oxygens (including phenoxy) is 1. The van der Waals surface area contributed by atoms with Crippen molar-refractivity contribution in [3.63, 3.8) is 0 Å². The fourth-order valence-electron chi connectivity index (χ4n) is 3.31. The lowest BCUT2D eigenvalue weighted by molar-refractivity contribution is -0.127. The van der Waals surface area contributed by atoms with Crippen LogP contribution in [0.4, 0.5) is 0 Å². The Morgan fingerprint density at radius 3 is 2.61 bits per heavy atom. The molecule has 2 aromatic carbocycles. The van der Waals surface area contributed by atoms with Crippen molar-refractivity contribution in [3.8, 4) is 22.8 Å². The molecule has 4 rings (SSSR count). The van der Waals surface area contributed by atoms with Gasteiger partial charge in [-0.15, -0.1) is 10.2 Å². The van der Waals surface area contributed by atoms with E-state index in [0.29, 0.717) is 10.9 Å². The maximum atomic E-state index is 12.5. The summed E-state index contributed by atoms with van der Waals surface area (Å²) in [5, 5.41) is 9.52. The predicted molar refractivity (Wildman–Crippen MR) is 110 cm³/mol. The lowest BCUT2D eigenvalue weighted by Crippen LogP contribution is -2.29. The van der Waals surface area contributed by atoms with Crippen LogP contribution >= 0.6 is 11.8 Å². The van der Waals surface area contributed by atoms with Gasteiger partial charge in [0.05, 0.1) is 12.9 Å². The highest BCUT2D eigenvalue weighted by molar-refractivity contribution is 7.99. The van der Waals surface area contributed by atoms with Gasteiger partial charge in [-0.25, -0.2) is 0 Å². The Morgan fingerprint density at radius 2 is 1.86 bits per heavy atom. The van der Waals surface area contributed by atoms with Gasteiger partial charge in [0.1, 0.15) is 5.75 Å². The molecular formula is C21H22N4O2S. The SMILES string of the molecule is COc1cccc(-c2nnc(SCC(=O)N3CCCC3)n2-c2ccccc2)c1. The Kier molecular flexibility index (Phi) is 5.62. The molecule has 1 aliphatic heterocycles. The normalized spacial score (nSPS) is 13.7. The molecule has 0 atom stereocenters. The number of hydrogen-bond donors (Lipinski definition) is 0. The van der Waals surface area contributed by atoms with Crippen LogP contribution in [0.15, 0.2) is 59.8 Å². The van der Waals surface area contributed by atoms with Crippen LogP contribution in [0.1, 0.15) is 12.8 Å². The van der Waals surface area contributed by atoms with Crippen molar-refractivity contribution in [3.05, 3.63) is 54.6 Å². The third-order valence-corrected chi connectivity index (χ3v) is 5.67. The molecule has 1 aromatic heterocycles. The van der Waals surface area contributed by atoms with Crippen LogP contribution < -0.4 is 4.74 Å². The van der Waals surface area contributed by atoms with Crippen molar-refractivity contribution >= 4 is 17.7 Å². The minimum Gasteiger partial charge on any atom is -0.497 e. The van der Waals surface area contributed by atoms with E-state index in [-0.39, 0.29) is 5.91 Å². The second kappa shape index (κ2) is 8.48. The van der Waals surface area contributed by atoms with E-state index >= 15 is 0 Å². The highest BCUT2D eigenvalue weighted by Crippen LogP contribution is 2.30. The van der Waals surface area contributed by atoms with Crippen molar-refractivity contribution < 1.29 is 9.53 Å². The van der Waals surface area contributed by atoms with Crippen LogP contribution in [0, 0.1) is 0 Å². The molecule has 1 saturated heterocycles. The maximum Gasteiger partial charge on any atom is 0.233 e. The van der Waals surface area contributed by atoms with Crippen molar-refractivity contribution in [2.45, 2.75) is 18.0 Å². The molecule has 1 amide bonds. The third-order valence-electron chi connectivity index (χ3n) is 4.76. The average Bonchev–Trinajstić information content (AvgIpc) is 3.43. The lowest BCUT2D eigenvalue weighted by atomic mass is 10.2. The maximum absolute atomic E-state index is 12.5. The first-order chi connectivity index (χ1) is 13.8. The Labute approximate surface area is 168 Å². The number of amides is 1. The molecular weight excluding hydrogens is 372 g/mol. The number of carbonyl (C=O) groups is 1. The van der Waals surface area contributed by atoms with E-state index in [4.69, 9.17) is 4.74 Å². The summed E-state index contributed by atoms with van der Waals surface area (Å²) < 4.78 is 7.35. The van der Waals surface area contributed by atoms with Gasteiger partial charge in [0.15, 0.2) is 11.0 Å². The molecule has 0 aliphatic carbocycles. The van der Waals surface area contributed by atoms with Crippen LogP contribution in [0.25, 0.3) is 17.1 Å². The van der Waals surface area contributed by atoms with E-state index in [9.17, 15) is 4.79 Å². The molecule has 0 spiro atoms. The van der Waals surface area contributed by atoms with E-state index in [2.05, 4.69) is 10.2 Å².